The number of rotatable bonds is 4. The van der Waals surface area contributed by atoms with Gasteiger partial charge in [0.25, 0.3) is 0 Å². The maximum absolute atomic E-state index is 5.57. The zero-order valence-electron chi connectivity index (χ0n) is 12.5. The van der Waals surface area contributed by atoms with Crippen LogP contribution in [0.4, 0.5) is 0 Å². The molecule has 0 amide bonds. The molecule has 0 radical (unpaired) electrons. The maximum Gasteiger partial charge on any atom is 0.166 e. The summed E-state index contributed by atoms with van der Waals surface area (Å²) in [6, 6.07) is 6.74. The Balaban J connectivity index is 1.81. The van der Waals surface area contributed by atoms with Crippen molar-refractivity contribution in [3.05, 3.63) is 34.9 Å². The van der Waals surface area contributed by atoms with Crippen LogP contribution in [0.15, 0.2) is 18.2 Å². The van der Waals surface area contributed by atoms with Crippen molar-refractivity contribution >= 4 is 17.3 Å². The highest BCUT2D eigenvalue weighted by molar-refractivity contribution is 7.80. The van der Waals surface area contributed by atoms with Gasteiger partial charge in [0.05, 0.1) is 12.1 Å². The van der Waals surface area contributed by atoms with Gasteiger partial charge in [0.15, 0.2) is 5.11 Å². The van der Waals surface area contributed by atoms with Gasteiger partial charge in [-0.1, -0.05) is 18.2 Å². The molecule has 2 N–H and O–H groups in total. The van der Waals surface area contributed by atoms with E-state index >= 15 is 0 Å². The summed E-state index contributed by atoms with van der Waals surface area (Å²) in [7, 11) is 0. The van der Waals surface area contributed by atoms with Crippen molar-refractivity contribution in [3.8, 4) is 0 Å². The predicted molar refractivity (Wildman–Crippen MR) is 87.0 cm³/mol. The van der Waals surface area contributed by atoms with Gasteiger partial charge in [0.1, 0.15) is 0 Å². The van der Waals surface area contributed by atoms with Gasteiger partial charge in [-0.15, -0.1) is 0 Å². The van der Waals surface area contributed by atoms with Crippen LogP contribution in [-0.2, 0) is 4.74 Å². The molecule has 20 heavy (non-hydrogen) atoms. The minimum Gasteiger partial charge on any atom is -0.376 e. The highest BCUT2D eigenvalue weighted by Crippen LogP contribution is 2.16. The molecule has 1 aliphatic rings. The molecule has 1 heterocycles. The fourth-order valence-corrected chi connectivity index (χ4v) is 2.64. The number of aryl methyl sites for hydroxylation is 2. The molecule has 1 saturated heterocycles. The summed E-state index contributed by atoms with van der Waals surface area (Å²) in [5, 5.41) is 7.28. The fourth-order valence-electron chi connectivity index (χ4n) is 2.38. The molecular formula is C16H24N2OS. The van der Waals surface area contributed by atoms with Crippen molar-refractivity contribution in [1.29, 1.82) is 0 Å². The lowest BCUT2D eigenvalue weighted by molar-refractivity contribution is 0.114. The third-order valence-corrected chi connectivity index (χ3v) is 4.16. The first-order valence-corrected chi connectivity index (χ1v) is 7.70. The summed E-state index contributed by atoms with van der Waals surface area (Å²) in [6.45, 7) is 8.08. The van der Waals surface area contributed by atoms with Crippen molar-refractivity contribution in [2.24, 2.45) is 0 Å². The van der Waals surface area contributed by atoms with E-state index in [2.05, 4.69) is 49.6 Å². The first-order valence-electron chi connectivity index (χ1n) is 7.29. The van der Waals surface area contributed by atoms with Crippen LogP contribution in [-0.4, -0.2) is 24.4 Å². The van der Waals surface area contributed by atoms with Gasteiger partial charge >= 0.3 is 0 Å². The van der Waals surface area contributed by atoms with E-state index < -0.39 is 0 Å². The highest BCUT2D eigenvalue weighted by atomic mass is 32.1. The van der Waals surface area contributed by atoms with E-state index in [0.29, 0.717) is 11.2 Å². The number of hydrogen-bond acceptors (Lipinski definition) is 2. The third kappa shape index (κ3) is 4.18. The molecule has 1 aromatic rings. The van der Waals surface area contributed by atoms with Gasteiger partial charge < -0.3 is 15.4 Å². The molecule has 0 aromatic heterocycles. The van der Waals surface area contributed by atoms with Crippen LogP contribution in [0.3, 0.4) is 0 Å². The SMILES string of the molecule is Cc1ccc(C(C)NC(=S)NCC2CCCO2)cc1C. The molecular weight excluding hydrogens is 268 g/mol. The van der Waals surface area contributed by atoms with Crippen molar-refractivity contribution in [1.82, 2.24) is 10.6 Å². The lowest BCUT2D eigenvalue weighted by Gasteiger charge is -2.19. The van der Waals surface area contributed by atoms with Gasteiger partial charge in [-0.05, 0) is 62.5 Å². The van der Waals surface area contributed by atoms with E-state index in [4.69, 9.17) is 17.0 Å². The van der Waals surface area contributed by atoms with Gasteiger partial charge in [-0.3, -0.25) is 0 Å². The Hall–Kier alpha value is -1.13. The Kier molecular flexibility index (Phi) is 5.38. The molecule has 1 aromatic carbocycles. The molecule has 2 unspecified atom stereocenters. The van der Waals surface area contributed by atoms with Crippen LogP contribution < -0.4 is 10.6 Å². The van der Waals surface area contributed by atoms with Crippen LogP contribution in [0.2, 0.25) is 0 Å². The summed E-state index contributed by atoms with van der Waals surface area (Å²) >= 11 is 5.35. The van der Waals surface area contributed by atoms with E-state index in [1.165, 1.54) is 16.7 Å². The smallest absolute Gasteiger partial charge is 0.166 e. The minimum absolute atomic E-state index is 0.207. The summed E-state index contributed by atoms with van der Waals surface area (Å²) in [5.74, 6) is 0. The van der Waals surface area contributed by atoms with E-state index in [9.17, 15) is 0 Å². The lowest BCUT2D eigenvalue weighted by Crippen LogP contribution is -2.40. The fraction of sp³-hybridized carbons (Fsp3) is 0.562. The first kappa shape index (κ1) is 15.3. The second-order valence-corrected chi connectivity index (χ2v) is 5.96. The monoisotopic (exact) mass is 292 g/mol. The van der Waals surface area contributed by atoms with Crippen LogP contribution >= 0.6 is 12.2 Å². The zero-order chi connectivity index (χ0) is 14.5. The molecule has 0 saturated carbocycles. The van der Waals surface area contributed by atoms with Crippen LogP contribution in [0.1, 0.15) is 42.5 Å². The Morgan fingerprint density at radius 3 is 2.85 bits per heavy atom. The molecule has 4 heteroatoms. The molecule has 2 atom stereocenters. The Morgan fingerprint density at radius 2 is 2.20 bits per heavy atom. The van der Waals surface area contributed by atoms with E-state index in [0.717, 1.165) is 26.0 Å². The average molecular weight is 292 g/mol. The predicted octanol–water partition coefficient (Wildman–Crippen LogP) is 3.01. The number of benzene rings is 1. The zero-order valence-corrected chi connectivity index (χ0v) is 13.3. The molecule has 0 spiro atoms. The second kappa shape index (κ2) is 7.04. The topological polar surface area (TPSA) is 33.3 Å². The minimum atomic E-state index is 0.207. The summed E-state index contributed by atoms with van der Waals surface area (Å²) in [4.78, 5) is 0. The molecule has 0 bridgehead atoms. The lowest BCUT2D eigenvalue weighted by atomic mass is 10.0. The van der Waals surface area contributed by atoms with Gasteiger partial charge in [-0.2, -0.15) is 0 Å². The van der Waals surface area contributed by atoms with Crippen molar-refractivity contribution in [3.63, 3.8) is 0 Å². The molecule has 110 valence electrons. The number of hydrogen-bond donors (Lipinski definition) is 2. The van der Waals surface area contributed by atoms with Gasteiger partial charge in [0, 0.05) is 13.2 Å². The normalized spacial score (nSPS) is 19.6. The quantitative estimate of drug-likeness (QED) is 0.836. The first-order chi connectivity index (χ1) is 9.56. The van der Waals surface area contributed by atoms with Crippen molar-refractivity contribution in [2.75, 3.05) is 13.2 Å². The summed E-state index contributed by atoms with van der Waals surface area (Å²) in [6.07, 6.45) is 2.60. The number of thiocarbonyl (C=S) groups is 1. The second-order valence-electron chi connectivity index (χ2n) is 5.55. The highest BCUT2D eigenvalue weighted by Gasteiger charge is 2.15. The molecule has 3 nitrogen and oxygen atoms in total. The van der Waals surface area contributed by atoms with E-state index in [1.807, 2.05) is 0 Å². The largest absolute Gasteiger partial charge is 0.376 e. The standard InChI is InChI=1S/C16H24N2OS/c1-11-6-7-14(9-12(11)2)13(3)18-16(20)17-10-15-5-4-8-19-15/h6-7,9,13,15H,4-5,8,10H2,1-3H3,(H2,17,18,20). The molecule has 2 rings (SSSR count). The molecule has 1 aliphatic heterocycles. The number of ether oxygens (including phenoxy) is 1. The van der Waals surface area contributed by atoms with Gasteiger partial charge in [-0.25, -0.2) is 0 Å². The Labute approximate surface area is 127 Å². The average Bonchev–Trinajstić information content (AvgIpc) is 2.92. The van der Waals surface area contributed by atoms with Gasteiger partial charge in [0.2, 0.25) is 0 Å². The van der Waals surface area contributed by atoms with E-state index in [-0.39, 0.29) is 6.04 Å². The van der Waals surface area contributed by atoms with Crippen LogP contribution in [0.25, 0.3) is 0 Å². The third-order valence-electron chi connectivity index (χ3n) is 3.89. The van der Waals surface area contributed by atoms with Crippen molar-refractivity contribution < 1.29 is 4.74 Å². The molecule has 1 fully saturated rings. The number of nitrogens with one attached hydrogen (secondary N) is 2. The molecule has 0 aliphatic carbocycles. The van der Waals surface area contributed by atoms with Crippen LogP contribution in [0.5, 0.6) is 0 Å². The summed E-state index contributed by atoms with van der Waals surface area (Å²) < 4.78 is 5.57. The summed E-state index contributed by atoms with van der Waals surface area (Å²) in [5.41, 5.74) is 3.89. The Bertz CT molecular complexity index is 470. The van der Waals surface area contributed by atoms with Crippen molar-refractivity contribution in [2.45, 2.75) is 45.8 Å². The maximum atomic E-state index is 5.57. The Morgan fingerprint density at radius 1 is 1.40 bits per heavy atom. The van der Waals surface area contributed by atoms with Crippen LogP contribution in [0, 0.1) is 13.8 Å². The van der Waals surface area contributed by atoms with E-state index in [1.54, 1.807) is 0 Å².